The Kier molecular flexibility index (Phi) is 18.3. The van der Waals surface area contributed by atoms with Crippen LogP contribution in [0.3, 0.4) is 0 Å². The maximum absolute atomic E-state index is 4.93. The zero-order valence-corrected chi connectivity index (χ0v) is 26.8. The van der Waals surface area contributed by atoms with E-state index < -0.39 is 37.0 Å². The van der Waals surface area contributed by atoms with Crippen molar-refractivity contribution in [2.24, 2.45) is 0 Å². The Labute approximate surface area is 199 Å². The third-order valence-electron chi connectivity index (χ3n) is 4.18. The van der Waals surface area contributed by atoms with E-state index in [0.717, 1.165) is 9.52 Å². The Morgan fingerprint density at radius 3 is 1.14 bits per heavy atom. The van der Waals surface area contributed by atoms with Crippen LogP contribution >= 0.6 is 17.0 Å². The predicted octanol–water partition coefficient (Wildman–Crippen LogP) is 6.92. The summed E-state index contributed by atoms with van der Waals surface area (Å²) in [5.74, 6) is 0. The zero-order valence-electron chi connectivity index (χ0n) is 19.7. The van der Waals surface area contributed by atoms with Crippen molar-refractivity contribution in [3.8, 4) is 0 Å². The van der Waals surface area contributed by atoms with E-state index in [-0.39, 0.29) is 0 Å². The van der Waals surface area contributed by atoms with Gasteiger partial charge in [0.05, 0.1) is 16.1 Å². The van der Waals surface area contributed by atoms with Gasteiger partial charge in [0.1, 0.15) is 0 Å². The molecule has 0 bridgehead atoms. The molecule has 2 aromatic rings. The molecule has 0 spiro atoms. The molecule has 0 aromatic heterocycles. The molecule has 0 heterocycles. The molecule has 0 aliphatic carbocycles. The van der Waals surface area contributed by atoms with E-state index in [4.69, 9.17) is 17.0 Å². The Bertz CT molecular complexity index is 554. The van der Waals surface area contributed by atoms with Crippen molar-refractivity contribution in [1.82, 2.24) is 0 Å². The quantitative estimate of drug-likeness (QED) is 0.286. The van der Waals surface area contributed by atoms with Crippen molar-refractivity contribution in [2.45, 2.75) is 79.1 Å². The number of halogens is 2. The standard InChI is InChI=1S/2C10H17Si.C2H7Si.2ClH.Zr/c2*1-5-9-6-7-10(8-9)11(2,3)4;1-3-2;;;/h2*6-8H,5H2,1-4H3;3H,1-2H3;2*1H;/q2*-1;;;;+4/p-2. The van der Waals surface area contributed by atoms with Gasteiger partial charge in [-0.05, 0) is 0 Å². The van der Waals surface area contributed by atoms with Crippen molar-refractivity contribution >= 4 is 53.1 Å². The summed E-state index contributed by atoms with van der Waals surface area (Å²) >= 11 is -0.826. The van der Waals surface area contributed by atoms with Gasteiger partial charge in [-0.3, -0.25) is 0 Å². The van der Waals surface area contributed by atoms with E-state index in [2.05, 4.69) is 103 Å². The number of hydrogen-bond donors (Lipinski definition) is 0. The topological polar surface area (TPSA) is 0 Å². The van der Waals surface area contributed by atoms with Crippen LogP contribution in [0.25, 0.3) is 0 Å². The maximum atomic E-state index is 4.93. The molecule has 0 amide bonds. The Balaban J connectivity index is 0. The first-order valence-electron chi connectivity index (χ1n) is 10.1. The fraction of sp³-hybridized carbons (Fsp3) is 0.545. The fourth-order valence-electron chi connectivity index (χ4n) is 2.36. The monoisotopic (exact) mass is 549 g/mol. The molecular weight excluding hydrogens is 511 g/mol. The average molecular weight is 552 g/mol. The van der Waals surface area contributed by atoms with Crippen molar-refractivity contribution in [3.63, 3.8) is 0 Å². The summed E-state index contributed by atoms with van der Waals surface area (Å²) < 4.78 is 0. The molecule has 6 heteroatoms. The molecule has 0 aliphatic rings. The van der Waals surface area contributed by atoms with Gasteiger partial charge in [-0.15, -0.1) is 0 Å². The Morgan fingerprint density at radius 2 is 1.04 bits per heavy atom. The summed E-state index contributed by atoms with van der Waals surface area (Å²) in [6, 6.07) is 13.8. The molecule has 0 aliphatic heterocycles. The summed E-state index contributed by atoms with van der Waals surface area (Å²) in [7, 11) is 8.56. The van der Waals surface area contributed by atoms with E-state index in [1.165, 1.54) is 24.0 Å². The van der Waals surface area contributed by atoms with Crippen molar-refractivity contribution in [1.29, 1.82) is 0 Å². The molecule has 1 radical (unpaired) electrons. The summed E-state index contributed by atoms with van der Waals surface area (Å²) in [4.78, 5) is 0. The number of aryl methyl sites for hydroxylation is 2. The van der Waals surface area contributed by atoms with Gasteiger partial charge in [0.2, 0.25) is 0 Å². The average Bonchev–Trinajstić information content (AvgIpc) is 3.25. The fourth-order valence-corrected chi connectivity index (χ4v) is 4.76. The molecule has 2 aromatic carbocycles. The van der Waals surface area contributed by atoms with Gasteiger partial charge in [-0.25, -0.2) is 12.1 Å². The molecule has 28 heavy (non-hydrogen) atoms. The molecule has 0 N–H and O–H groups in total. The molecule has 0 nitrogen and oxygen atoms in total. The van der Waals surface area contributed by atoms with Crippen molar-refractivity contribution in [3.05, 3.63) is 47.5 Å². The molecule has 0 saturated carbocycles. The SMILES string of the molecule is CCc1c[cH-]c([Si](C)(C)C)c1.CCc1c[cH-]c([Si](C)(C)C)c1.C[SiH]C.[Cl][Zr+2][Cl]. The van der Waals surface area contributed by atoms with E-state index in [9.17, 15) is 0 Å². The molecule has 159 valence electrons. The van der Waals surface area contributed by atoms with Gasteiger partial charge >= 0.3 is 37.9 Å². The van der Waals surface area contributed by atoms with Crippen LogP contribution in [0.5, 0.6) is 0 Å². The van der Waals surface area contributed by atoms with Crippen molar-refractivity contribution in [2.75, 3.05) is 0 Å². The normalized spacial score (nSPS) is 10.4. The zero-order chi connectivity index (χ0) is 22.4. The van der Waals surface area contributed by atoms with Crippen LogP contribution in [0.4, 0.5) is 0 Å². The van der Waals surface area contributed by atoms with Crippen LogP contribution < -0.4 is 10.4 Å². The third kappa shape index (κ3) is 14.7. The second-order valence-corrected chi connectivity index (χ2v) is 23.9. The third-order valence-corrected chi connectivity index (χ3v) is 8.27. The second kappa shape index (κ2) is 16.5. The van der Waals surface area contributed by atoms with E-state index >= 15 is 0 Å². The van der Waals surface area contributed by atoms with Gasteiger partial charge in [0.15, 0.2) is 0 Å². The molecule has 0 fully saturated rings. The summed E-state index contributed by atoms with van der Waals surface area (Å²) in [6.45, 7) is 23.2. The van der Waals surface area contributed by atoms with Gasteiger partial charge in [-0.2, -0.15) is 45.8 Å². The summed E-state index contributed by atoms with van der Waals surface area (Å²) in [5.41, 5.74) is 2.98. The van der Waals surface area contributed by atoms with Crippen LogP contribution in [0.2, 0.25) is 52.4 Å². The van der Waals surface area contributed by atoms with E-state index in [1.807, 2.05) is 0 Å². The van der Waals surface area contributed by atoms with E-state index in [0.29, 0.717) is 0 Å². The van der Waals surface area contributed by atoms with Crippen LogP contribution in [0.15, 0.2) is 36.4 Å². The minimum absolute atomic E-state index is 0.750. The minimum atomic E-state index is -1.03. The summed E-state index contributed by atoms with van der Waals surface area (Å²) in [6.07, 6.45) is 2.34. The van der Waals surface area contributed by atoms with Crippen LogP contribution in [0.1, 0.15) is 25.0 Å². The van der Waals surface area contributed by atoms with Gasteiger partial charge in [0, 0.05) is 9.52 Å². The van der Waals surface area contributed by atoms with E-state index in [1.54, 1.807) is 10.4 Å². The molecule has 0 atom stereocenters. The second-order valence-electron chi connectivity index (χ2n) is 8.87. The predicted molar refractivity (Wildman–Crippen MR) is 139 cm³/mol. The first kappa shape index (κ1) is 31.0. The van der Waals surface area contributed by atoms with Crippen LogP contribution in [-0.2, 0) is 33.7 Å². The van der Waals surface area contributed by atoms with Gasteiger partial charge in [-0.1, -0.05) is 79.1 Å². The van der Waals surface area contributed by atoms with Crippen LogP contribution in [0, 0.1) is 0 Å². The van der Waals surface area contributed by atoms with Crippen molar-refractivity contribution < 1.29 is 20.8 Å². The number of rotatable bonds is 4. The molecular formula is C22H41Cl2Si3Zr. The van der Waals surface area contributed by atoms with Gasteiger partial charge in [0.25, 0.3) is 0 Å². The molecule has 0 saturated heterocycles. The number of hydrogen-bond acceptors (Lipinski definition) is 0. The first-order chi connectivity index (χ1) is 12.9. The Hall–Kier alpha value is 0.814. The Morgan fingerprint density at radius 1 is 0.786 bits per heavy atom. The molecule has 2 rings (SSSR count). The first-order valence-corrected chi connectivity index (χ1v) is 25.8. The summed E-state index contributed by atoms with van der Waals surface area (Å²) in [5, 5.41) is 3.18. The molecule has 0 unspecified atom stereocenters. The van der Waals surface area contributed by atoms with Gasteiger partial charge < -0.3 is 0 Å². The van der Waals surface area contributed by atoms with Crippen LogP contribution in [-0.4, -0.2) is 25.7 Å².